The van der Waals surface area contributed by atoms with Crippen LogP contribution in [-0.2, 0) is 0 Å². The summed E-state index contributed by atoms with van der Waals surface area (Å²) in [4.78, 5) is 0. The molecule has 1 N–H and O–H groups in total. The number of halogens is 2. The van der Waals surface area contributed by atoms with E-state index in [1.807, 2.05) is 12.2 Å². The molecule has 0 spiro atoms. The quantitative estimate of drug-likeness (QED) is 0.112. The predicted octanol–water partition coefficient (Wildman–Crippen LogP) is 4.65. The van der Waals surface area contributed by atoms with Gasteiger partial charge in [-0.05, 0) is 32.1 Å². The molecule has 1 atom stereocenters. The second-order valence-corrected chi connectivity index (χ2v) is 8.90. The van der Waals surface area contributed by atoms with Crippen molar-refractivity contribution in [3.8, 4) is 0 Å². The third kappa shape index (κ3) is 18.6. The van der Waals surface area contributed by atoms with Crippen molar-refractivity contribution in [3.63, 3.8) is 0 Å². The van der Waals surface area contributed by atoms with E-state index in [-0.39, 0.29) is 29.4 Å². The molecule has 0 saturated carbocycles. The van der Waals surface area contributed by atoms with Gasteiger partial charge >= 0.3 is 0 Å². The number of rotatable bonds is 20. The number of quaternary nitrogens is 1. The van der Waals surface area contributed by atoms with Gasteiger partial charge in [0.2, 0.25) is 0 Å². The molecule has 0 aliphatic carbocycles. The van der Waals surface area contributed by atoms with Gasteiger partial charge in [-0.15, -0.1) is 25.6 Å². The van der Waals surface area contributed by atoms with Gasteiger partial charge in [0.05, 0.1) is 20.6 Å². The lowest BCUT2D eigenvalue weighted by atomic mass is 10.1. The van der Waals surface area contributed by atoms with Crippen molar-refractivity contribution in [1.82, 2.24) is 5.32 Å². The van der Waals surface area contributed by atoms with E-state index in [1.54, 1.807) is 0 Å². The Labute approximate surface area is 200 Å². The first kappa shape index (κ1) is 33.8. The van der Waals surface area contributed by atoms with Gasteiger partial charge in [-0.3, -0.25) is 5.32 Å². The van der Waals surface area contributed by atoms with Crippen LogP contribution in [0.2, 0.25) is 0 Å². The molecular weight excluding hydrogens is 444 g/mol. The normalized spacial score (nSPS) is 12.2. The first-order valence-electron chi connectivity index (χ1n) is 11.8. The van der Waals surface area contributed by atoms with E-state index in [0.717, 1.165) is 17.3 Å². The van der Waals surface area contributed by atoms with Gasteiger partial charge in [0.1, 0.15) is 6.17 Å². The van der Waals surface area contributed by atoms with Crippen LogP contribution in [0.15, 0.2) is 25.3 Å². The number of hydrogen-bond donors (Lipinski definition) is 1. The Balaban J connectivity index is -0.00000338. The lowest BCUT2D eigenvalue weighted by Gasteiger charge is -2.40. The first-order valence-corrected chi connectivity index (χ1v) is 11.8. The Bertz CT molecular complexity index is 351. The summed E-state index contributed by atoms with van der Waals surface area (Å²) in [5.41, 5.74) is 0. The van der Waals surface area contributed by atoms with Crippen LogP contribution in [-0.4, -0.2) is 37.3 Å². The molecule has 176 valence electrons. The zero-order valence-electron chi connectivity index (χ0n) is 20.1. The van der Waals surface area contributed by atoms with Crippen LogP contribution in [0.25, 0.3) is 0 Å². The molecule has 0 rings (SSSR count). The summed E-state index contributed by atoms with van der Waals surface area (Å²) in [6.07, 6.45) is 23.2. The average molecular weight is 496 g/mol. The fourth-order valence-corrected chi connectivity index (χ4v) is 3.98. The van der Waals surface area contributed by atoms with Gasteiger partial charge in [0, 0.05) is 12.5 Å². The highest BCUT2D eigenvalue weighted by molar-refractivity contribution is 5.85. The highest BCUT2D eigenvalue weighted by atomic mass is 79.9. The fourth-order valence-electron chi connectivity index (χ4n) is 3.98. The van der Waals surface area contributed by atoms with Crippen LogP contribution < -0.4 is 22.3 Å². The van der Waals surface area contributed by atoms with Crippen molar-refractivity contribution >= 4 is 12.4 Å². The van der Waals surface area contributed by atoms with E-state index in [0.29, 0.717) is 12.2 Å². The predicted molar refractivity (Wildman–Crippen MR) is 131 cm³/mol. The molecule has 0 fully saturated rings. The molecule has 0 bridgehead atoms. The van der Waals surface area contributed by atoms with Crippen LogP contribution in [0.5, 0.6) is 0 Å². The summed E-state index contributed by atoms with van der Waals surface area (Å²) in [5.74, 6) is 0. The van der Waals surface area contributed by atoms with Crippen molar-refractivity contribution in [2.75, 3.05) is 20.6 Å². The second-order valence-electron chi connectivity index (χ2n) is 8.90. The van der Waals surface area contributed by atoms with Gasteiger partial charge in [-0.25, -0.2) is 0 Å². The zero-order chi connectivity index (χ0) is 20.4. The van der Waals surface area contributed by atoms with Gasteiger partial charge in [0.25, 0.3) is 0 Å². The molecule has 0 radical (unpaired) electrons. The molecule has 0 aliphatic rings. The molecule has 0 amide bonds. The Morgan fingerprint density at radius 3 is 1.62 bits per heavy atom. The minimum absolute atomic E-state index is 0. The number of hydrogen-bond acceptors (Lipinski definition) is 1. The van der Waals surface area contributed by atoms with E-state index in [9.17, 15) is 0 Å². The molecule has 0 aliphatic heterocycles. The van der Waals surface area contributed by atoms with E-state index in [1.165, 1.54) is 83.6 Å². The number of nitrogens with one attached hydrogen (secondary N) is 1. The third-order valence-electron chi connectivity index (χ3n) is 5.82. The highest BCUT2D eigenvalue weighted by Crippen LogP contribution is 2.17. The minimum atomic E-state index is 0. The van der Waals surface area contributed by atoms with E-state index in [2.05, 4.69) is 46.4 Å². The molecule has 0 aromatic rings. The number of unbranched alkanes of at least 4 members (excludes halogenated alkanes) is 9. The summed E-state index contributed by atoms with van der Waals surface area (Å²) >= 11 is 0. The van der Waals surface area contributed by atoms with Gasteiger partial charge in [-0.1, -0.05) is 77.4 Å². The van der Waals surface area contributed by atoms with Crippen LogP contribution in [0, 0.1) is 0 Å². The van der Waals surface area contributed by atoms with Crippen molar-refractivity contribution in [1.29, 1.82) is 0 Å². The summed E-state index contributed by atoms with van der Waals surface area (Å²) < 4.78 is 1.08. The lowest BCUT2D eigenvalue weighted by molar-refractivity contribution is -0.919. The highest BCUT2D eigenvalue weighted by Gasteiger charge is 2.28. The maximum Gasteiger partial charge on any atom is 0.142 e. The molecular formula is C25H52BrClN2. The van der Waals surface area contributed by atoms with Crippen molar-refractivity contribution < 1.29 is 21.5 Å². The summed E-state index contributed by atoms with van der Waals surface area (Å²) in [5, 5.41) is 3.91. The molecule has 0 heterocycles. The second kappa shape index (κ2) is 22.8. The van der Waals surface area contributed by atoms with Crippen LogP contribution >= 0.6 is 12.4 Å². The SMILES string of the molecule is C=CCC(CC=C)NC(CCC)[N+](C)(C)CCCCCCCCCCCC.Cl.[Br-]. The zero-order valence-corrected chi connectivity index (χ0v) is 22.5. The maximum absolute atomic E-state index is 3.92. The molecule has 29 heavy (non-hydrogen) atoms. The van der Waals surface area contributed by atoms with Crippen molar-refractivity contribution in [3.05, 3.63) is 25.3 Å². The Kier molecular flexibility index (Phi) is 26.6. The lowest BCUT2D eigenvalue weighted by Crippen LogP contribution is -3.00. The molecule has 4 heteroatoms. The third-order valence-corrected chi connectivity index (χ3v) is 5.82. The summed E-state index contributed by atoms with van der Waals surface area (Å²) in [7, 11) is 4.81. The van der Waals surface area contributed by atoms with Crippen molar-refractivity contribution in [2.24, 2.45) is 0 Å². The van der Waals surface area contributed by atoms with E-state index >= 15 is 0 Å². The minimum Gasteiger partial charge on any atom is -1.00 e. The average Bonchev–Trinajstić information content (AvgIpc) is 2.63. The van der Waals surface area contributed by atoms with Crippen LogP contribution in [0.4, 0.5) is 0 Å². The van der Waals surface area contributed by atoms with Crippen LogP contribution in [0.3, 0.4) is 0 Å². The molecule has 0 saturated heterocycles. The molecule has 0 aromatic carbocycles. The van der Waals surface area contributed by atoms with Gasteiger partial charge in [0.15, 0.2) is 0 Å². The molecule has 2 nitrogen and oxygen atoms in total. The Morgan fingerprint density at radius 1 is 0.759 bits per heavy atom. The van der Waals surface area contributed by atoms with Gasteiger partial charge < -0.3 is 21.5 Å². The summed E-state index contributed by atoms with van der Waals surface area (Å²) in [6, 6.07) is 0.474. The topological polar surface area (TPSA) is 12.0 Å². The molecule has 1 unspecified atom stereocenters. The van der Waals surface area contributed by atoms with E-state index < -0.39 is 0 Å². The largest absolute Gasteiger partial charge is 1.00 e. The smallest absolute Gasteiger partial charge is 0.142 e. The summed E-state index contributed by atoms with van der Waals surface area (Å²) in [6.45, 7) is 13.7. The van der Waals surface area contributed by atoms with Crippen LogP contribution in [0.1, 0.15) is 104 Å². The van der Waals surface area contributed by atoms with E-state index in [4.69, 9.17) is 0 Å². The maximum atomic E-state index is 3.92. The number of nitrogens with zero attached hydrogens (tertiary/aromatic N) is 1. The Morgan fingerprint density at radius 2 is 1.21 bits per heavy atom. The standard InChI is InChI=1S/C25H51N2.BrH.ClH/c1-7-11-12-13-14-15-16-17-18-19-23-27(5,6)25(22-10-4)26-24(20-8-2)21-9-3;;/h8-9,24-26H,2-3,7,10-23H2,1,4-6H3;2*1H/q+1;;/p-1. The fraction of sp³-hybridized carbons (Fsp3) is 0.840. The van der Waals surface area contributed by atoms with Crippen molar-refractivity contribution in [2.45, 2.75) is 116 Å². The monoisotopic (exact) mass is 494 g/mol. The first-order chi connectivity index (χ1) is 13.0. The Hall–Kier alpha value is 0.170. The van der Waals surface area contributed by atoms with Gasteiger partial charge in [-0.2, -0.15) is 0 Å². The molecule has 0 aromatic heterocycles.